The zero-order valence-electron chi connectivity index (χ0n) is 14.0. The van der Waals surface area contributed by atoms with Gasteiger partial charge in [-0.3, -0.25) is 0 Å². The fraction of sp³-hybridized carbons (Fsp3) is 0.647. The number of rotatable bonds is 3. The molecule has 0 radical (unpaired) electrons. The Balaban J connectivity index is 1.90. The predicted octanol–water partition coefficient (Wildman–Crippen LogP) is 3.21. The number of alkyl carbamates (subject to hydrolysis) is 1. The molecule has 0 unspecified atom stereocenters. The molecule has 1 saturated heterocycles. The quantitative estimate of drug-likeness (QED) is 0.931. The Labute approximate surface area is 133 Å². The number of carbonyl (C=O) groups is 1. The molecular formula is C17H27N3O2. The molecule has 1 aliphatic rings. The van der Waals surface area contributed by atoms with Gasteiger partial charge in [-0.1, -0.05) is 6.07 Å². The summed E-state index contributed by atoms with van der Waals surface area (Å²) in [6.45, 7) is 9.61. The SMILES string of the molecule is C[C@@H](NC(=O)OC(C)(C)C)[C@@H]1CCCN(c2ccccn2)C1. The monoisotopic (exact) mass is 305 g/mol. The lowest BCUT2D eigenvalue weighted by Gasteiger charge is -2.36. The topological polar surface area (TPSA) is 54.5 Å². The maximum Gasteiger partial charge on any atom is 0.407 e. The Morgan fingerprint density at radius 2 is 2.23 bits per heavy atom. The van der Waals surface area contributed by atoms with Crippen LogP contribution in [-0.2, 0) is 4.74 Å². The number of ether oxygens (including phenoxy) is 1. The standard InChI is InChI=1S/C17H27N3O2/c1-13(19-16(21)22-17(2,3)4)14-8-7-11-20(12-14)15-9-5-6-10-18-15/h5-6,9-10,13-14H,7-8,11-12H2,1-4H3,(H,19,21)/t13-,14-/m1/s1. The average Bonchev–Trinajstić information content (AvgIpc) is 2.46. The summed E-state index contributed by atoms with van der Waals surface area (Å²) in [6, 6.07) is 6.06. The van der Waals surface area contributed by atoms with Gasteiger partial charge < -0.3 is 15.0 Å². The Hall–Kier alpha value is -1.78. The molecule has 1 aliphatic heterocycles. The van der Waals surface area contributed by atoms with E-state index in [0.29, 0.717) is 5.92 Å². The fourth-order valence-electron chi connectivity index (χ4n) is 2.78. The molecule has 5 heteroatoms. The number of piperidine rings is 1. The molecule has 2 heterocycles. The van der Waals surface area contributed by atoms with E-state index in [1.165, 1.54) is 0 Å². The van der Waals surface area contributed by atoms with Crippen molar-refractivity contribution in [2.24, 2.45) is 5.92 Å². The molecule has 1 aromatic rings. The fourth-order valence-corrected chi connectivity index (χ4v) is 2.78. The number of anilines is 1. The van der Waals surface area contributed by atoms with Crippen LogP contribution >= 0.6 is 0 Å². The molecule has 2 atom stereocenters. The molecule has 1 aromatic heterocycles. The molecule has 1 N–H and O–H groups in total. The van der Waals surface area contributed by atoms with E-state index in [0.717, 1.165) is 31.7 Å². The lowest BCUT2D eigenvalue weighted by atomic mass is 9.91. The minimum Gasteiger partial charge on any atom is -0.444 e. The molecule has 0 spiro atoms. The summed E-state index contributed by atoms with van der Waals surface area (Å²) in [4.78, 5) is 18.6. The largest absolute Gasteiger partial charge is 0.444 e. The second kappa shape index (κ2) is 6.99. The first-order valence-electron chi connectivity index (χ1n) is 8.00. The number of hydrogen-bond acceptors (Lipinski definition) is 4. The van der Waals surface area contributed by atoms with Gasteiger partial charge in [0.25, 0.3) is 0 Å². The van der Waals surface area contributed by atoms with E-state index in [1.54, 1.807) is 0 Å². The molecule has 1 amide bonds. The van der Waals surface area contributed by atoms with Gasteiger partial charge in [0.15, 0.2) is 0 Å². The van der Waals surface area contributed by atoms with Crippen molar-refractivity contribution in [3.8, 4) is 0 Å². The molecule has 22 heavy (non-hydrogen) atoms. The first-order chi connectivity index (χ1) is 10.3. The van der Waals surface area contributed by atoms with Crippen LogP contribution in [0.15, 0.2) is 24.4 Å². The smallest absolute Gasteiger partial charge is 0.407 e. The molecule has 0 aromatic carbocycles. The van der Waals surface area contributed by atoms with Crippen LogP contribution in [0.3, 0.4) is 0 Å². The third-order valence-electron chi connectivity index (χ3n) is 3.88. The van der Waals surface area contributed by atoms with E-state index in [2.05, 4.69) is 22.1 Å². The van der Waals surface area contributed by atoms with Gasteiger partial charge in [-0.25, -0.2) is 9.78 Å². The van der Waals surface area contributed by atoms with Crippen molar-refractivity contribution in [2.75, 3.05) is 18.0 Å². The highest BCUT2D eigenvalue weighted by Gasteiger charge is 2.27. The van der Waals surface area contributed by atoms with E-state index in [9.17, 15) is 4.79 Å². The number of hydrogen-bond donors (Lipinski definition) is 1. The van der Waals surface area contributed by atoms with E-state index < -0.39 is 5.60 Å². The minimum atomic E-state index is -0.462. The van der Waals surface area contributed by atoms with Crippen LogP contribution in [0.2, 0.25) is 0 Å². The number of amides is 1. The van der Waals surface area contributed by atoms with Crippen molar-refractivity contribution in [3.05, 3.63) is 24.4 Å². The van der Waals surface area contributed by atoms with Crippen LogP contribution in [0.5, 0.6) is 0 Å². The maximum atomic E-state index is 11.9. The average molecular weight is 305 g/mol. The molecule has 0 bridgehead atoms. The normalized spacial score (nSPS) is 20.4. The van der Waals surface area contributed by atoms with Gasteiger partial charge in [-0.05, 0) is 58.6 Å². The highest BCUT2D eigenvalue weighted by Crippen LogP contribution is 2.23. The number of nitrogens with one attached hydrogen (secondary N) is 1. The number of pyridine rings is 1. The Kier molecular flexibility index (Phi) is 5.27. The van der Waals surface area contributed by atoms with Crippen molar-refractivity contribution >= 4 is 11.9 Å². The van der Waals surface area contributed by atoms with Crippen LogP contribution in [0.25, 0.3) is 0 Å². The van der Waals surface area contributed by atoms with Crippen molar-refractivity contribution in [3.63, 3.8) is 0 Å². The summed E-state index contributed by atoms with van der Waals surface area (Å²) < 4.78 is 5.33. The number of carbonyl (C=O) groups excluding carboxylic acids is 1. The first kappa shape index (κ1) is 16.6. The van der Waals surface area contributed by atoms with E-state index in [-0.39, 0.29) is 12.1 Å². The summed E-state index contributed by atoms with van der Waals surface area (Å²) in [6.07, 6.45) is 3.71. The van der Waals surface area contributed by atoms with Crippen LogP contribution < -0.4 is 10.2 Å². The Morgan fingerprint density at radius 3 is 2.86 bits per heavy atom. The summed E-state index contributed by atoms with van der Waals surface area (Å²) in [5.41, 5.74) is -0.462. The van der Waals surface area contributed by atoms with Gasteiger partial charge in [0.05, 0.1) is 0 Å². The zero-order chi connectivity index (χ0) is 16.2. The molecular weight excluding hydrogens is 278 g/mol. The maximum absolute atomic E-state index is 11.9. The zero-order valence-corrected chi connectivity index (χ0v) is 14.0. The third kappa shape index (κ3) is 4.90. The van der Waals surface area contributed by atoms with E-state index in [1.807, 2.05) is 45.2 Å². The highest BCUT2D eigenvalue weighted by atomic mass is 16.6. The van der Waals surface area contributed by atoms with E-state index >= 15 is 0 Å². The lowest BCUT2D eigenvalue weighted by molar-refractivity contribution is 0.0489. The summed E-state index contributed by atoms with van der Waals surface area (Å²) in [5, 5.41) is 2.97. The summed E-state index contributed by atoms with van der Waals surface area (Å²) in [5.74, 6) is 1.42. The molecule has 0 saturated carbocycles. The highest BCUT2D eigenvalue weighted by molar-refractivity contribution is 5.68. The van der Waals surface area contributed by atoms with Crippen molar-refractivity contribution in [1.82, 2.24) is 10.3 Å². The van der Waals surface area contributed by atoms with Gasteiger partial charge in [0.1, 0.15) is 11.4 Å². The van der Waals surface area contributed by atoms with Crippen LogP contribution in [0, 0.1) is 5.92 Å². The summed E-state index contributed by atoms with van der Waals surface area (Å²) in [7, 11) is 0. The Bertz CT molecular complexity index is 484. The van der Waals surface area contributed by atoms with Crippen LogP contribution in [-0.4, -0.2) is 35.8 Å². The van der Waals surface area contributed by atoms with Crippen molar-refractivity contribution in [1.29, 1.82) is 0 Å². The second-order valence-corrected chi connectivity index (χ2v) is 6.97. The number of nitrogens with zero attached hydrogens (tertiary/aromatic N) is 2. The van der Waals surface area contributed by atoms with Gasteiger partial charge in [0, 0.05) is 25.3 Å². The molecule has 1 fully saturated rings. The van der Waals surface area contributed by atoms with Gasteiger partial charge in [-0.2, -0.15) is 0 Å². The first-order valence-corrected chi connectivity index (χ1v) is 8.00. The Morgan fingerprint density at radius 1 is 1.45 bits per heavy atom. The second-order valence-electron chi connectivity index (χ2n) is 6.97. The summed E-state index contributed by atoms with van der Waals surface area (Å²) >= 11 is 0. The number of aromatic nitrogens is 1. The predicted molar refractivity (Wildman–Crippen MR) is 88.0 cm³/mol. The van der Waals surface area contributed by atoms with Crippen LogP contribution in [0.1, 0.15) is 40.5 Å². The van der Waals surface area contributed by atoms with Crippen molar-refractivity contribution < 1.29 is 9.53 Å². The van der Waals surface area contributed by atoms with Gasteiger partial charge in [-0.15, -0.1) is 0 Å². The van der Waals surface area contributed by atoms with E-state index in [4.69, 9.17) is 4.74 Å². The molecule has 0 aliphatic carbocycles. The third-order valence-corrected chi connectivity index (χ3v) is 3.88. The van der Waals surface area contributed by atoms with Gasteiger partial charge >= 0.3 is 6.09 Å². The minimum absolute atomic E-state index is 0.0846. The lowest BCUT2D eigenvalue weighted by Crippen LogP contribution is -2.47. The molecule has 2 rings (SSSR count). The molecule has 122 valence electrons. The van der Waals surface area contributed by atoms with Crippen molar-refractivity contribution in [2.45, 2.75) is 52.2 Å². The van der Waals surface area contributed by atoms with Crippen LogP contribution in [0.4, 0.5) is 10.6 Å². The molecule has 5 nitrogen and oxygen atoms in total. The van der Waals surface area contributed by atoms with Gasteiger partial charge in [0.2, 0.25) is 0 Å².